The van der Waals surface area contributed by atoms with Crippen molar-refractivity contribution in [2.45, 2.75) is 13.8 Å². The lowest BCUT2D eigenvalue weighted by molar-refractivity contribution is 0.0693. The topological polar surface area (TPSA) is 37.3 Å². The van der Waals surface area contributed by atoms with Gasteiger partial charge in [-0.15, -0.1) is 0 Å². The molecule has 0 amide bonds. The van der Waals surface area contributed by atoms with Gasteiger partial charge in [0, 0.05) is 11.1 Å². The summed E-state index contributed by atoms with van der Waals surface area (Å²) in [7, 11) is 0. The molecule has 0 aliphatic heterocycles. The molecule has 0 bridgehead atoms. The molecule has 0 unspecified atom stereocenters. The van der Waals surface area contributed by atoms with E-state index in [0.717, 1.165) is 13.8 Å². The largest absolute Gasteiger partial charge is 0.478 e. The lowest BCUT2D eigenvalue weighted by Gasteiger charge is -2.08. The van der Waals surface area contributed by atoms with Crippen molar-refractivity contribution in [3.63, 3.8) is 0 Å². The number of hydrogen-bond donors (Lipinski definition) is 1. The number of carboxylic acids is 1. The molecule has 0 aliphatic rings. The Hall–Kier alpha value is -1.52. The maximum atomic E-state index is 12.9. The third-order valence-corrected chi connectivity index (χ3v) is 2.01. The lowest BCUT2D eigenvalue weighted by Crippen LogP contribution is -2.10. The summed E-state index contributed by atoms with van der Waals surface area (Å²) in [6, 6.07) is 0. The molecule has 1 N–H and O–H groups in total. The molecule has 0 saturated heterocycles. The van der Waals surface area contributed by atoms with Crippen LogP contribution in [0.4, 0.5) is 13.2 Å². The molecule has 0 saturated carbocycles. The van der Waals surface area contributed by atoms with E-state index < -0.39 is 40.1 Å². The van der Waals surface area contributed by atoms with Crippen molar-refractivity contribution in [1.82, 2.24) is 0 Å². The fourth-order valence-corrected chi connectivity index (χ4v) is 1.25. The van der Waals surface area contributed by atoms with Crippen molar-refractivity contribution in [2.75, 3.05) is 0 Å². The van der Waals surface area contributed by atoms with Gasteiger partial charge in [-0.05, 0) is 13.8 Å². The summed E-state index contributed by atoms with van der Waals surface area (Å²) >= 11 is 0. The summed E-state index contributed by atoms with van der Waals surface area (Å²) in [6.07, 6.45) is 0. The zero-order valence-electron chi connectivity index (χ0n) is 7.49. The van der Waals surface area contributed by atoms with E-state index in [-0.39, 0.29) is 0 Å². The molecule has 0 aliphatic carbocycles. The molecule has 0 spiro atoms. The second-order valence-corrected chi connectivity index (χ2v) is 2.87. The van der Waals surface area contributed by atoms with Crippen LogP contribution in [0, 0.1) is 31.3 Å². The molecule has 0 radical (unpaired) electrons. The number of halogens is 3. The van der Waals surface area contributed by atoms with E-state index >= 15 is 0 Å². The number of carboxylic acid groups (broad SMARTS) is 1. The minimum atomic E-state index is -1.63. The highest BCUT2D eigenvalue weighted by molar-refractivity contribution is 5.91. The number of aromatic carboxylic acids is 1. The number of hydrogen-bond acceptors (Lipinski definition) is 1. The maximum Gasteiger partial charge on any atom is 0.336 e. The van der Waals surface area contributed by atoms with Gasteiger partial charge in [-0.2, -0.15) is 0 Å². The van der Waals surface area contributed by atoms with Gasteiger partial charge in [0.1, 0.15) is 0 Å². The Morgan fingerprint density at radius 1 is 1.00 bits per heavy atom. The Labute approximate surface area is 78.0 Å². The fourth-order valence-electron chi connectivity index (χ4n) is 1.25. The molecule has 5 heteroatoms. The first-order valence-corrected chi connectivity index (χ1v) is 3.74. The average molecular weight is 204 g/mol. The van der Waals surface area contributed by atoms with Crippen molar-refractivity contribution in [2.24, 2.45) is 0 Å². The number of rotatable bonds is 1. The quantitative estimate of drug-likeness (QED) is 0.713. The third kappa shape index (κ3) is 1.34. The molecular weight excluding hydrogens is 197 g/mol. The molecule has 2 nitrogen and oxygen atoms in total. The monoisotopic (exact) mass is 204 g/mol. The van der Waals surface area contributed by atoms with Crippen LogP contribution in [-0.2, 0) is 0 Å². The average Bonchev–Trinajstić information content (AvgIpc) is 2.11. The molecule has 1 rings (SSSR count). The van der Waals surface area contributed by atoms with Crippen LogP contribution in [-0.4, -0.2) is 11.1 Å². The standard InChI is InChI=1S/C9H7F3O2/c1-3-5(9(13)14)4(2)7(11)8(12)6(3)10/h1-2H3,(H,13,14). The van der Waals surface area contributed by atoms with Gasteiger partial charge in [0.15, 0.2) is 17.5 Å². The Morgan fingerprint density at radius 3 is 1.64 bits per heavy atom. The van der Waals surface area contributed by atoms with E-state index in [1.807, 2.05) is 0 Å². The van der Waals surface area contributed by atoms with Gasteiger partial charge in [-0.3, -0.25) is 0 Å². The van der Waals surface area contributed by atoms with Crippen LogP contribution >= 0.6 is 0 Å². The second kappa shape index (κ2) is 3.32. The first kappa shape index (κ1) is 10.6. The van der Waals surface area contributed by atoms with Crippen molar-refractivity contribution in [3.05, 3.63) is 34.1 Å². The van der Waals surface area contributed by atoms with Crippen LogP contribution in [0.1, 0.15) is 21.5 Å². The van der Waals surface area contributed by atoms with E-state index in [2.05, 4.69) is 0 Å². The Morgan fingerprint density at radius 2 is 1.36 bits per heavy atom. The predicted octanol–water partition coefficient (Wildman–Crippen LogP) is 2.42. The Bertz CT molecular complexity index is 384. The fraction of sp³-hybridized carbons (Fsp3) is 0.222. The van der Waals surface area contributed by atoms with Crippen molar-refractivity contribution in [1.29, 1.82) is 0 Å². The number of carbonyl (C=O) groups is 1. The SMILES string of the molecule is Cc1c(F)c(F)c(F)c(C)c1C(=O)O. The zero-order valence-corrected chi connectivity index (χ0v) is 7.49. The van der Waals surface area contributed by atoms with Gasteiger partial charge in [0.25, 0.3) is 0 Å². The first-order chi connectivity index (χ1) is 6.37. The van der Waals surface area contributed by atoms with Gasteiger partial charge in [0.05, 0.1) is 5.56 Å². The highest BCUT2D eigenvalue weighted by Crippen LogP contribution is 2.23. The van der Waals surface area contributed by atoms with Crippen molar-refractivity contribution in [3.8, 4) is 0 Å². The summed E-state index contributed by atoms with van der Waals surface area (Å²) in [5, 5.41) is 8.63. The summed E-state index contributed by atoms with van der Waals surface area (Å²) in [4.78, 5) is 10.6. The normalized spacial score (nSPS) is 10.4. The summed E-state index contributed by atoms with van der Waals surface area (Å²) in [5.74, 6) is -6.01. The molecule has 76 valence electrons. The van der Waals surface area contributed by atoms with Crippen LogP contribution in [0.3, 0.4) is 0 Å². The van der Waals surface area contributed by atoms with Crippen molar-refractivity contribution >= 4 is 5.97 Å². The van der Waals surface area contributed by atoms with Crippen LogP contribution in [0.15, 0.2) is 0 Å². The lowest BCUT2D eigenvalue weighted by atomic mass is 10.0. The minimum Gasteiger partial charge on any atom is -0.478 e. The molecular formula is C9H7F3O2. The highest BCUT2D eigenvalue weighted by Gasteiger charge is 2.23. The van der Waals surface area contributed by atoms with Gasteiger partial charge >= 0.3 is 5.97 Å². The van der Waals surface area contributed by atoms with Crippen molar-refractivity contribution < 1.29 is 23.1 Å². The van der Waals surface area contributed by atoms with Gasteiger partial charge < -0.3 is 5.11 Å². The smallest absolute Gasteiger partial charge is 0.336 e. The minimum absolute atomic E-state index is 0.395. The van der Waals surface area contributed by atoms with E-state index in [1.54, 1.807) is 0 Å². The van der Waals surface area contributed by atoms with E-state index in [1.165, 1.54) is 0 Å². The Kier molecular flexibility index (Phi) is 2.51. The van der Waals surface area contributed by atoms with Crippen LogP contribution in [0.25, 0.3) is 0 Å². The van der Waals surface area contributed by atoms with Gasteiger partial charge in [-0.1, -0.05) is 0 Å². The van der Waals surface area contributed by atoms with Crippen LogP contribution in [0.5, 0.6) is 0 Å². The van der Waals surface area contributed by atoms with Gasteiger partial charge in [-0.25, -0.2) is 18.0 Å². The van der Waals surface area contributed by atoms with E-state index in [4.69, 9.17) is 5.11 Å². The second-order valence-electron chi connectivity index (χ2n) is 2.87. The molecule has 1 aromatic carbocycles. The summed E-state index contributed by atoms with van der Waals surface area (Å²) in [5.41, 5.74) is -1.32. The predicted molar refractivity (Wildman–Crippen MR) is 42.7 cm³/mol. The van der Waals surface area contributed by atoms with Crippen LogP contribution < -0.4 is 0 Å². The van der Waals surface area contributed by atoms with E-state index in [9.17, 15) is 18.0 Å². The van der Waals surface area contributed by atoms with Crippen LogP contribution in [0.2, 0.25) is 0 Å². The van der Waals surface area contributed by atoms with E-state index in [0.29, 0.717) is 0 Å². The zero-order chi connectivity index (χ0) is 11.0. The molecule has 0 heterocycles. The Balaban J connectivity index is 3.68. The number of benzene rings is 1. The highest BCUT2D eigenvalue weighted by atomic mass is 19.2. The maximum absolute atomic E-state index is 12.9. The molecule has 0 aromatic heterocycles. The molecule has 14 heavy (non-hydrogen) atoms. The summed E-state index contributed by atoms with van der Waals surface area (Å²) < 4.78 is 38.6. The third-order valence-electron chi connectivity index (χ3n) is 2.01. The molecule has 1 aromatic rings. The summed E-state index contributed by atoms with van der Waals surface area (Å²) in [6.45, 7) is 2.18. The first-order valence-electron chi connectivity index (χ1n) is 3.74. The molecule has 0 fully saturated rings. The molecule has 0 atom stereocenters. The van der Waals surface area contributed by atoms with Gasteiger partial charge in [0.2, 0.25) is 0 Å².